The van der Waals surface area contributed by atoms with Crippen LogP contribution in [0.5, 0.6) is 5.75 Å². The lowest BCUT2D eigenvalue weighted by molar-refractivity contribution is 0.476. The van der Waals surface area contributed by atoms with Crippen molar-refractivity contribution in [3.8, 4) is 16.9 Å². The van der Waals surface area contributed by atoms with E-state index in [0.717, 1.165) is 39.6 Å². The van der Waals surface area contributed by atoms with E-state index in [1.54, 1.807) is 11.3 Å². The molecule has 1 N–H and O–H groups in total. The van der Waals surface area contributed by atoms with Gasteiger partial charge in [0.15, 0.2) is 0 Å². The second-order valence-electron chi connectivity index (χ2n) is 13.2. The van der Waals surface area contributed by atoms with Crippen molar-refractivity contribution in [2.75, 3.05) is 9.80 Å². The Morgan fingerprint density at radius 3 is 1.43 bits per heavy atom. The number of phenolic OH excluding ortho intramolecular Hbond substituents is 1. The fourth-order valence-electron chi connectivity index (χ4n) is 7.45. The molecule has 8 aromatic carbocycles. The van der Waals surface area contributed by atoms with Crippen LogP contribution in [-0.4, -0.2) is 5.11 Å². The van der Waals surface area contributed by atoms with E-state index in [4.69, 9.17) is 0 Å². The van der Waals surface area contributed by atoms with Gasteiger partial charge in [-0.3, -0.25) is 0 Å². The Hall–Kier alpha value is -6.40. The van der Waals surface area contributed by atoms with Crippen LogP contribution in [0.15, 0.2) is 188 Å². The number of anilines is 6. The lowest BCUT2D eigenvalue weighted by Gasteiger charge is -2.29. The fourth-order valence-corrected chi connectivity index (χ4v) is 9.63. The summed E-state index contributed by atoms with van der Waals surface area (Å²) in [6.45, 7) is 0. The molecule has 0 saturated carbocycles. The SMILES string of the molecule is Oc1cc(N(c2ccccc2)c2ccc3sc4ccccc4c3c2)ccc1N(c1cccc(-c2ccccc2)c1)c1ccc2sc3ccccc3c2c1. The second-order valence-corrected chi connectivity index (χ2v) is 15.3. The molecule has 0 aliphatic rings. The molecule has 0 unspecified atom stereocenters. The van der Waals surface area contributed by atoms with E-state index in [0.29, 0.717) is 5.69 Å². The number of benzene rings is 8. The van der Waals surface area contributed by atoms with Gasteiger partial charge >= 0.3 is 0 Å². The van der Waals surface area contributed by atoms with Crippen molar-refractivity contribution in [1.29, 1.82) is 0 Å². The van der Waals surface area contributed by atoms with Crippen LogP contribution in [0, 0.1) is 0 Å². The van der Waals surface area contributed by atoms with Gasteiger partial charge in [-0.25, -0.2) is 0 Å². The maximum atomic E-state index is 12.2. The Morgan fingerprint density at radius 1 is 0.321 bits per heavy atom. The molecule has 10 rings (SSSR count). The van der Waals surface area contributed by atoms with E-state index >= 15 is 0 Å². The van der Waals surface area contributed by atoms with Crippen LogP contribution >= 0.6 is 22.7 Å². The number of para-hydroxylation sites is 1. The van der Waals surface area contributed by atoms with Gasteiger partial charge < -0.3 is 14.9 Å². The molecule has 0 aliphatic heterocycles. The topological polar surface area (TPSA) is 26.7 Å². The smallest absolute Gasteiger partial charge is 0.141 e. The van der Waals surface area contributed by atoms with Gasteiger partial charge in [-0.05, 0) is 96.1 Å². The first-order valence-corrected chi connectivity index (χ1v) is 19.3. The average Bonchev–Trinajstić information content (AvgIpc) is 3.78. The van der Waals surface area contributed by atoms with Crippen molar-refractivity contribution in [3.63, 3.8) is 0 Å². The van der Waals surface area contributed by atoms with Crippen molar-refractivity contribution in [2.45, 2.75) is 0 Å². The van der Waals surface area contributed by atoms with Crippen molar-refractivity contribution in [2.24, 2.45) is 0 Å². The van der Waals surface area contributed by atoms with Crippen LogP contribution in [0.1, 0.15) is 0 Å². The molecule has 0 atom stereocenters. The van der Waals surface area contributed by atoms with E-state index in [1.165, 1.54) is 40.3 Å². The molecule has 2 heterocycles. The Bertz CT molecular complexity index is 2930. The summed E-state index contributed by atoms with van der Waals surface area (Å²) in [5.41, 5.74) is 7.80. The largest absolute Gasteiger partial charge is 0.506 e. The molecule has 3 nitrogen and oxygen atoms in total. The lowest BCUT2D eigenvalue weighted by Crippen LogP contribution is -2.12. The zero-order chi connectivity index (χ0) is 35.3. The Balaban J connectivity index is 1.14. The molecule has 0 bridgehead atoms. The summed E-state index contributed by atoms with van der Waals surface area (Å²) in [7, 11) is 0. The van der Waals surface area contributed by atoms with Gasteiger partial charge in [-0.15, -0.1) is 22.7 Å². The number of hydrogen-bond acceptors (Lipinski definition) is 5. The number of aromatic hydroxyl groups is 1. The van der Waals surface area contributed by atoms with E-state index in [2.05, 4.69) is 174 Å². The molecule has 0 aliphatic carbocycles. The minimum Gasteiger partial charge on any atom is -0.506 e. The minimum absolute atomic E-state index is 0.186. The first kappa shape index (κ1) is 31.3. The first-order valence-electron chi connectivity index (χ1n) is 17.6. The van der Waals surface area contributed by atoms with Crippen molar-refractivity contribution < 1.29 is 5.11 Å². The van der Waals surface area contributed by atoms with E-state index in [-0.39, 0.29) is 5.75 Å². The summed E-state index contributed by atoms with van der Waals surface area (Å²) >= 11 is 3.62. The number of thiophene rings is 2. The summed E-state index contributed by atoms with van der Waals surface area (Å²) in [6, 6.07) is 65.9. The van der Waals surface area contributed by atoms with Crippen molar-refractivity contribution >= 4 is 97.1 Å². The fraction of sp³-hybridized carbons (Fsp3) is 0. The zero-order valence-electron chi connectivity index (χ0n) is 28.6. The molecule has 5 heteroatoms. The van der Waals surface area contributed by atoms with Gasteiger partial charge in [-0.2, -0.15) is 0 Å². The highest BCUT2D eigenvalue weighted by molar-refractivity contribution is 7.26. The minimum atomic E-state index is 0.186. The van der Waals surface area contributed by atoms with Crippen molar-refractivity contribution in [3.05, 3.63) is 188 Å². The van der Waals surface area contributed by atoms with Crippen LogP contribution in [0.4, 0.5) is 34.1 Å². The molecule has 0 radical (unpaired) electrons. The molecular formula is C48H32N2OS2. The van der Waals surface area contributed by atoms with E-state index < -0.39 is 0 Å². The monoisotopic (exact) mass is 716 g/mol. The Labute approximate surface area is 315 Å². The van der Waals surface area contributed by atoms with Crippen LogP contribution in [-0.2, 0) is 0 Å². The molecule has 10 aromatic rings. The summed E-state index contributed by atoms with van der Waals surface area (Å²) in [4.78, 5) is 4.40. The average molecular weight is 717 g/mol. The summed E-state index contributed by atoms with van der Waals surface area (Å²) in [5.74, 6) is 0.186. The quantitative estimate of drug-likeness (QED) is 0.178. The zero-order valence-corrected chi connectivity index (χ0v) is 30.2. The molecule has 0 amide bonds. The van der Waals surface area contributed by atoms with E-state index in [1.807, 2.05) is 35.6 Å². The number of phenols is 1. The summed E-state index contributed by atoms with van der Waals surface area (Å²) in [6.07, 6.45) is 0. The van der Waals surface area contributed by atoms with Gasteiger partial charge in [0.2, 0.25) is 0 Å². The van der Waals surface area contributed by atoms with Gasteiger partial charge in [0.25, 0.3) is 0 Å². The molecule has 53 heavy (non-hydrogen) atoms. The van der Waals surface area contributed by atoms with Crippen LogP contribution in [0.3, 0.4) is 0 Å². The van der Waals surface area contributed by atoms with Gasteiger partial charge in [-0.1, -0.05) is 97.1 Å². The highest BCUT2D eigenvalue weighted by atomic mass is 32.1. The first-order chi connectivity index (χ1) is 26.2. The number of nitrogens with zero attached hydrogens (tertiary/aromatic N) is 2. The second kappa shape index (κ2) is 13.0. The molecule has 0 fully saturated rings. The summed E-state index contributed by atoms with van der Waals surface area (Å²) in [5, 5.41) is 17.1. The number of fused-ring (bicyclic) bond motifs is 6. The molecule has 2 aromatic heterocycles. The normalized spacial score (nSPS) is 11.5. The molecule has 0 saturated heterocycles. The third kappa shape index (κ3) is 5.58. The number of rotatable bonds is 7. The predicted octanol–water partition coefficient (Wildman–Crippen LogP) is 14.7. The molecular weight excluding hydrogens is 685 g/mol. The Kier molecular flexibility index (Phi) is 7.68. The summed E-state index contributed by atoms with van der Waals surface area (Å²) < 4.78 is 5.03. The van der Waals surface area contributed by atoms with Crippen molar-refractivity contribution in [1.82, 2.24) is 0 Å². The van der Waals surface area contributed by atoms with Crippen LogP contribution in [0.2, 0.25) is 0 Å². The third-order valence-corrected chi connectivity index (χ3v) is 12.2. The maximum Gasteiger partial charge on any atom is 0.141 e. The van der Waals surface area contributed by atoms with Gasteiger partial charge in [0.05, 0.1) is 5.69 Å². The standard InChI is InChI=1S/C48H32N2OS2/c51-44-31-38(49(34-15-5-2-6-16-34)36-23-26-47-41(29-36)39-18-7-9-20-45(39)52-47)22-25-43(44)50(35-17-11-14-33(28-35)32-12-3-1-4-13-32)37-24-27-48-42(30-37)40-19-8-10-21-46(40)53-48/h1-31,51H. The molecule has 252 valence electrons. The third-order valence-electron chi connectivity index (χ3n) is 9.92. The van der Waals surface area contributed by atoms with Gasteiger partial charge in [0, 0.05) is 74.8 Å². The van der Waals surface area contributed by atoms with Gasteiger partial charge in [0.1, 0.15) is 5.75 Å². The maximum absolute atomic E-state index is 12.2. The Morgan fingerprint density at radius 2 is 0.792 bits per heavy atom. The lowest BCUT2D eigenvalue weighted by atomic mass is 10.0. The van der Waals surface area contributed by atoms with E-state index in [9.17, 15) is 5.11 Å². The molecule has 0 spiro atoms. The number of hydrogen-bond donors (Lipinski definition) is 1. The highest BCUT2D eigenvalue weighted by Gasteiger charge is 2.21. The van der Waals surface area contributed by atoms with Crippen LogP contribution < -0.4 is 9.80 Å². The highest BCUT2D eigenvalue weighted by Crippen LogP contribution is 2.47. The van der Waals surface area contributed by atoms with Crippen LogP contribution in [0.25, 0.3) is 51.5 Å². The predicted molar refractivity (Wildman–Crippen MR) is 229 cm³/mol.